The Morgan fingerprint density at radius 3 is 2.11 bits per heavy atom. The molecule has 0 aromatic carbocycles. The van der Waals surface area contributed by atoms with E-state index in [1.165, 1.54) is 25.2 Å². The van der Waals surface area contributed by atoms with Crippen molar-refractivity contribution in [1.29, 1.82) is 0 Å². The third kappa shape index (κ3) is 34.0. The molecule has 0 heterocycles. The van der Waals surface area contributed by atoms with Crippen molar-refractivity contribution < 1.29 is 4.79 Å². The topological polar surface area (TPSA) is 17.1 Å². The zero-order valence-electron chi connectivity index (χ0n) is 5.82. The molecule has 0 aliphatic rings. The fourth-order valence-corrected chi connectivity index (χ4v) is 0.533. The van der Waals surface area contributed by atoms with Crippen LogP contribution in [0.2, 0.25) is 0 Å². The number of hydrogen-bond donors (Lipinski definition) is 0. The van der Waals surface area contributed by atoms with Crippen LogP contribution in [0, 0.1) is 0 Å². The summed E-state index contributed by atoms with van der Waals surface area (Å²) in [5.74, 6) is 2.08. The highest BCUT2D eigenvalue weighted by atomic mass is 35.5. The van der Waals surface area contributed by atoms with Crippen LogP contribution in [0.15, 0.2) is 6.58 Å². The summed E-state index contributed by atoms with van der Waals surface area (Å²) < 4.78 is 0. The van der Waals surface area contributed by atoms with Gasteiger partial charge in [0.25, 0.3) is 0 Å². The van der Waals surface area contributed by atoms with E-state index in [0.717, 1.165) is 5.88 Å². The highest BCUT2D eigenvalue weighted by Gasteiger charge is 1.76. The lowest BCUT2D eigenvalue weighted by Gasteiger charge is -1.84. The molecule has 0 radical (unpaired) electrons. The van der Waals surface area contributed by atoms with Gasteiger partial charge in [-0.25, -0.2) is 4.79 Å². The van der Waals surface area contributed by atoms with Crippen molar-refractivity contribution in [2.45, 2.75) is 26.2 Å². The summed E-state index contributed by atoms with van der Waals surface area (Å²) in [6.07, 6.45) is 3.73. The molecule has 54 valence electrons. The minimum atomic E-state index is 0.827. The maximum absolute atomic E-state index is 8.57. The molecule has 0 rings (SSSR count). The third-order valence-electron chi connectivity index (χ3n) is 0.737. The summed E-state index contributed by atoms with van der Waals surface area (Å²) in [5, 5.41) is 0. The van der Waals surface area contributed by atoms with Crippen LogP contribution in [-0.2, 0) is 4.79 Å². The molecule has 0 aromatic rings. The summed E-state index contributed by atoms with van der Waals surface area (Å²) in [5.41, 5.74) is 0. The molecular formula is C7H13ClO. The Kier molecular flexibility index (Phi) is 20.0. The number of hydrogen-bond acceptors (Lipinski definition) is 1. The predicted octanol–water partition coefficient (Wildman–Crippen LogP) is 2.42. The SMILES string of the molecule is C=C=O.CCCCCCl. The number of unbranched alkanes of at least 4 members (excludes halogenated alkanes) is 2. The van der Waals surface area contributed by atoms with Gasteiger partial charge in [0.15, 0.2) is 0 Å². The van der Waals surface area contributed by atoms with E-state index in [9.17, 15) is 0 Å². The molecule has 0 aromatic heterocycles. The van der Waals surface area contributed by atoms with Crippen molar-refractivity contribution in [2.24, 2.45) is 0 Å². The van der Waals surface area contributed by atoms with E-state index in [2.05, 4.69) is 13.5 Å². The number of rotatable bonds is 3. The Bertz CT molecular complexity index is 61.3. The van der Waals surface area contributed by atoms with Gasteiger partial charge >= 0.3 is 0 Å². The summed E-state index contributed by atoms with van der Waals surface area (Å²) >= 11 is 5.38. The highest BCUT2D eigenvalue weighted by Crippen LogP contribution is 1.93. The predicted molar refractivity (Wildman–Crippen MR) is 41.6 cm³/mol. The van der Waals surface area contributed by atoms with Gasteiger partial charge in [-0.1, -0.05) is 19.8 Å². The van der Waals surface area contributed by atoms with E-state index in [-0.39, 0.29) is 0 Å². The van der Waals surface area contributed by atoms with Crippen LogP contribution >= 0.6 is 11.6 Å². The van der Waals surface area contributed by atoms with E-state index in [1.807, 2.05) is 0 Å². The Labute approximate surface area is 61.7 Å². The largest absolute Gasteiger partial charge is 0.234 e. The van der Waals surface area contributed by atoms with Crippen LogP contribution in [0.4, 0.5) is 0 Å². The van der Waals surface area contributed by atoms with Gasteiger partial charge in [0.1, 0.15) is 5.94 Å². The van der Waals surface area contributed by atoms with Crippen LogP contribution in [0.5, 0.6) is 0 Å². The van der Waals surface area contributed by atoms with Crippen molar-refractivity contribution in [3.05, 3.63) is 6.58 Å². The maximum Gasteiger partial charge on any atom is 0.116 e. The molecule has 2 heteroatoms. The Morgan fingerprint density at radius 1 is 1.56 bits per heavy atom. The lowest BCUT2D eigenvalue weighted by molar-refractivity contribution is 0.569. The minimum Gasteiger partial charge on any atom is -0.234 e. The zero-order chi connectivity index (χ0) is 7.54. The van der Waals surface area contributed by atoms with Crippen LogP contribution in [0.3, 0.4) is 0 Å². The minimum absolute atomic E-state index is 0.827. The van der Waals surface area contributed by atoms with E-state index in [4.69, 9.17) is 16.4 Å². The second-order valence-electron chi connectivity index (χ2n) is 1.54. The average Bonchev–Trinajstić information content (AvgIpc) is 1.86. The van der Waals surface area contributed by atoms with Gasteiger partial charge in [-0.05, 0) is 13.0 Å². The molecule has 0 spiro atoms. The van der Waals surface area contributed by atoms with E-state index < -0.39 is 0 Å². The van der Waals surface area contributed by atoms with Gasteiger partial charge in [0.05, 0.1) is 0 Å². The lowest BCUT2D eigenvalue weighted by Crippen LogP contribution is -1.70. The smallest absolute Gasteiger partial charge is 0.116 e. The van der Waals surface area contributed by atoms with Gasteiger partial charge < -0.3 is 0 Å². The normalized spacial score (nSPS) is 6.89. The molecule has 0 amide bonds. The van der Waals surface area contributed by atoms with E-state index in [1.54, 1.807) is 0 Å². The highest BCUT2D eigenvalue weighted by molar-refractivity contribution is 6.17. The Morgan fingerprint density at radius 2 is 2.00 bits per heavy atom. The second kappa shape index (κ2) is 15.6. The molecule has 0 saturated heterocycles. The second-order valence-corrected chi connectivity index (χ2v) is 1.92. The van der Waals surface area contributed by atoms with Crippen molar-refractivity contribution in [2.75, 3.05) is 5.88 Å². The van der Waals surface area contributed by atoms with E-state index in [0.29, 0.717) is 0 Å². The van der Waals surface area contributed by atoms with Crippen LogP contribution in [0.1, 0.15) is 26.2 Å². The lowest BCUT2D eigenvalue weighted by atomic mass is 10.3. The first kappa shape index (κ1) is 11.5. The van der Waals surface area contributed by atoms with Crippen molar-refractivity contribution in [3.63, 3.8) is 0 Å². The molecule has 0 saturated carbocycles. The molecule has 1 nitrogen and oxygen atoms in total. The number of alkyl halides is 1. The van der Waals surface area contributed by atoms with Crippen LogP contribution < -0.4 is 0 Å². The quantitative estimate of drug-likeness (QED) is 0.341. The molecule has 0 atom stereocenters. The molecule has 0 aliphatic carbocycles. The molecule has 0 bridgehead atoms. The van der Waals surface area contributed by atoms with Crippen LogP contribution in [0.25, 0.3) is 0 Å². The van der Waals surface area contributed by atoms with Crippen molar-refractivity contribution >= 4 is 17.5 Å². The fraction of sp³-hybridized carbons (Fsp3) is 0.714. The average molecular weight is 149 g/mol. The first-order valence-electron chi connectivity index (χ1n) is 3.03. The zero-order valence-corrected chi connectivity index (χ0v) is 6.58. The molecule has 0 aliphatic heterocycles. The van der Waals surface area contributed by atoms with Gasteiger partial charge in [-0.3, -0.25) is 0 Å². The molecule has 9 heavy (non-hydrogen) atoms. The molecule has 0 N–H and O–H groups in total. The van der Waals surface area contributed by atoms with Gasteiger partial charge in [0, 0.05) is 5.88 Å². The van der Waals surface area contributed by atoms with Crippen molar-refractivity contribution in [1.82, 2.24) is 0 Å². The number of halogens is 1. The molecule has 0 fully saturated rings. The standard InChI is InChI=1S/C5H11Cl.C2H2O/c1-2-3-4-5-6;1-2-3/h2-5H2,1H3;1H2. The Balaban J connectivity index is 0. The van der Waals surface area contributed by atoms with Gasteiger partial charge in [-0.2, -0.15) is 0 Å². The Hall–Kier alpha value is -0.260. The monoisotopic (exact) mass is 148 g/mol. The first-order chi connectivity index (χ1) is 4.33. The fourth-order valence-electron chi connectivity index (χ4n) is 0.344. The summed E-state index contributed by atoms with van der Waals surface area (Å²) in [7, 11) is 0. The van der Waals surface area contributed by atoms with Crippen molar-refractivity contribution in [3.8, 4) is 0 Å². The molecular weight excluding hydrogens is 136 g/mol. The summed E-state index contributed by atoms with van der Waals surface area (Å²) in [6.45, 7) is 4.85. The third-order valence-corrected chi connectivity index (χ3v) is 1.00. The molecule has 0 unspecified atom stereocenters. The number of carbonyl (C=O) groups excluding carboxylic acids is 1. The van der Waals surface area contributed by atoms with Gasteiger partial charge in [0.2, 0.25) is 0 Å². The van der Waals surface area contributed by atoms with E-state index >= 15 is 0 Å². The first-order valence-corrected chi connectivity index (χ1v) is 3.57. The van der Waals surface area contributed by atoms with Gasteiger partial charge in [-0.15, -0.1) is 11.6 Å². The summed E-state index contributed by atoms with van der Waals surface area (Å²) in [6, 6.07) is 0. The summed E-state index contributed by atoms with van der Waals surface area (Å²) in [4.78, 5) is 8.57. The maximum atomic E-state index is 8.57. The van der Waals surface area contributed by atoms with Crippen LogP contribution in [-0.4, -0.2) is 11.8 Å².